The lowest BCUT2D eigenvalue weighted by molar-refractivity contribution is -0.123. The number of hydrogen-bond acceptors (Lipinski definition) is 4. The molecule has 0 spiro atoms. The van der Waals surface area contributed by atoms with Gasteiger partial charge in [0.25, 0.3) is 0 Å². The third kappa shape index (κ3) is 5.72. The number of nitrogens with zero attached hydrogens (tertiary/aromatic N) is 1. The van der Waals surface area contributed by atoms with Crippen LogP contribution in [0, 0.1) is 0 Å². The number of carbonyl (C=O) groups excluding carboxylic acids is 1. The number of hydrogen-bond donors (Lipinski definition) is 2. The summed E-state index contributed by atoms with van der Waals surface area (Å²) in [6.45, 7) is 5.82. The summed E-state index contributed by atoms with van der Waals surface area (Å²) in [4.78, 5) is 15.1. The van der Waals surface area contributed by atoms with E-state index in [-0.39, 0.29) is 12.5 Å². The summed E-state index contributed by atoms with van der Waals surface area (Å²) < 4.78 is 0. The predicted octanol–water partition coefficient (Wildman–Crippen LogP) is 1.85. The molecule has 1 aromatic rings. The molecule has 1 amide bonds. The number of thiophene rings is 1. The molecule has 0 fully saturated rings. The van der Waals surface area contributed by atoms with E-state index in [0.717, 1.165) is 17.7 Å². The molecule has 0 bridgehead atoms. The van der Waals surface area contributed by atoms with Gasteiger partial charge >= 0.3 is 0 Å². The van der Waals surface area contributed by atoms with E-state index in [1.807, 2.05) is 17.5 Å². The molecule has 0 aliphatic rings. The molecule has 0 saturated heterocycles. The first-order chi connectivity index (χ1) is 9.21. The Kier molecular flexibility index (Phi) is 7.70. The Balaban J connectivity index is 2.41. The Bertz CT molecular complexity index is 350. The van der Waals surface area contributed by atoms with Crippen molar-refractivity contribution in [2.24, 2.45) is 0 Å². The molecule has 0 radical (unpaired) electrons. The molecule has 1 heterocycles. The highest BCUT2D eigenvalue weighted by Crippen LogP contribution is 2.09. The van der Waals surface area contributed by atoms with Gasteiger partial charge in [0.1, 0.15) is 0 Å². The summed E-state index contributed by atoms with van der Waals surface area (Å²) in [5, 5.41) is 14.0. The van der Waals surface area contributed by atoms with Crippen LogP contribution in [0.5, 0.6) is 0 Å². The van der Waals surface area contributed by atoms with Crippen LogP contribution in [0.4, 0.5) is 0 Å². The molecule has 0 aromatic carbocycles. The molecule has 1 aromatic heterocycles. The van der Waals surface area contributed by atoms with Gasteiger partial charge in [0.15, 0.2) is 0 Å². The molecule has 0 atom stereocenters. The zero-order valence-electron chi connectivity index (χ0n) is 11.8. The highest BCUT2D eigenvalue weighted by molar-refractivity contribution is 7.09. The molecule has 5 heteroatoms. The Hall–Kier alpha value is -0.910. The van der Waals surface area contributed by atoms with Crippen molar-refractivity contribution in [1.29, 1.82) is 0 Å². The smallest absolute Gasteiger partial charge is 0.234 e. The second kappa shape index (κ2) is 9.07. The van der Waals surface area contributed by atoms with Crippen LogP contribution >= 0.6 is 11.3 Å². The van der Waals surface area contributed by atoms with E-state index in [2.05, 4.69) is 24.1 Å². The van der Waals surface area contributed by atoms with E-state index in [0.29, 0.717) is 25.7 Å². The fourth-order valence-electron chi connectivity index (χ4n) is 2.16. The van der Waals surface area contributed by atoms with Gasteiger partial charge in [-0.15, -0.1) is 11.3 Å². The lowest BCUT2D eigenvalue weighted by Gasteiger charge is -2.29. The second-order valence-corrected chi connectivity index (χ2v) is 5.55. The Labute approximate surface area is 119 Å². The van der Waals surface area contributed by atoms with Crippen molar-refractivity contribution >= 4 is 17.2 Å². The van der Waals surface area contributed by atoms with Gasteiger partial charge in [-0.25, -0.2) is 0 Å². The molecule has 108 valence electrons. The number of aliphatic hydroxyl groups is 1. The maximum absolute atomic E-state index is 11.9. The molecular weight excluding hydrogens is 260 g/mol. The van der Waals surface area contributed by atoms with Crippen molar-refractivity contribution in [3.63, 3.8) is 0 Å². The first-order valence-corrected chi connectivity index (χ1v) is 7.73. The topological polar surface area (TPSA) is 52.6 Å². The predicted molar refractivity (Wildman–Crippen MR) is 79.2 cm³/mol. The van der Waals surface area contributed by atoms with Crippen LogP contribution in [-0.4, -0.2) is 41.7 Å². The maximum Gasteiger partial charge on any atom is 0.234 e. The van der Waals surface area contributed by atoms with Crippen LogP contribution in [0.3, 0.4) is 0 Å². The van der Waals surface area contributed by atoms with Crippen LogP contribution in [0.15, 0.2) is 17.5 Å². The summed E-state index contributed by atoms with van der Waals surface area (Å²) in [6.07, 6.45) is 1.99. The molecule has 1 rings (SSSR count). The standard InChI is InChI=1S/C14H24N2O2S/c1-3-12(4-2)16(7-8-17)11-14(18)15-10-13-6-5-9-19-13/h5-6,9,12,17H,3-4,7-8,10-11H2,1-2H3,(H,15,18). The van der Waals surface area contributed by atoms with Crippen molar-refractivity contribution in [2.45, 2.75) is 39.3 Å². The van der Waals surface area contributed by atoms with Gasteiger partial charge < -0.3 is 10.4 Å². The van der Waals surface area contributed by atoms with E-state index in [4.69, 9.17) is 5.11 Å². The number of amides is 1. The molecule has 19 heavy (non-hydrogen) atoms. The number of rotatable bonds is 9. The van der Waals surface area contributed by atoms with Crippen LogP contribution in [0.1, 0.15) is 31.6 Å². The zero-order valence-corrected chi connectivity index (χ0v) is 12.6. The van der Waals surface area contributed by atoms with E-state index < -0.39 is 0 Å². The van der Waals surface area contributed by atoms with Gasteiger partial charge in [0, 0.05) is 17.5 Å². The van der Waals surface area contributed by atoms with E-state index in [9.17, 15) is 4.79 Å². The number of carbonyl (C=O) groups is 1. The Morgan fingerprint density at radius 1 is 1.47 bits per heavy atom. The first kappa shape index (κ1) is 16.1. The normalized spacial score (nSPS) is 11.2. The van der Waals surface area contributed by atoms with Crippen molar-refractivity contribution in [3.05, 3.63) is 22.4 Å². The summed E-state index contributed by atoms with van der Waals surface area (Å²) >= 11 is 1.64. The average molecular weight is 284 g/mol. The summed E-state index contributed by atoms with van der Waals surface area (Å²) in [5.41, 5.74) is 0. The lowest BCUT2D eigenvalue weighted by atomic mass is 10.1. The molecule has 2 N–H and O–H groups in total. The average Bonchev–Trinajstić information content (AvgIpc) is 2.91. The highest BCUT2D eigenvalue weighted by atomic mass is 32.1. The van der Waals surface area contributed by atoms with E-state index in [1.165, 1.54) is 0 Å². The summed E-state index contributed by atoms with van der Waals surface area (Å²) in [7, 11) is 0. The molecule has 0 aliphatic carbocycles. The first-order valence-electron chi connectivity index (χ1n) is 6.85. The summed E-state index contributed by atoms with van der Waals surface area (Å²) in [6, 6.07) is 4.35. The van der Waals surface area contributed by atoms with Crippen LogP contribution in [0.25, 0.3) is 0 Å². The largest absolute Gasteiger partial charge is 0.395 e. The van der Waals surface area contributed by atoms with Crippen LogP contribution in [0.2, 0.25) is 0 Å². The highest BCUT2D eigenvalue weighted by Gasteiger charge is 2.17. The van der Waals surface area contributed by atoms with E-state index >= 15 is 0 Å². The minimum Gasteiger partial charge on any atom is -0.395 e. The zero-order chi connectivity index (χ0) is 14.1. The van der Waals surface area contributed by atoms with Gasteiger partial charge in [-0.1, -0.05) is 19.9 Å². The minimum atomic E-state index is 0.0220. The van der Waals surface area contributed by atoms with Crippen LogP contribution in [-0.2, 0) is 11.3 Å². The minimum absolute atomic E-state index is 0.0220. The van der Waals surface area contributed by atoms with Gasteiger partial charge in [0.05, 0.1) is 19.7 Å². The van der Waals surface area contributed by atoms with Crippen molar-refractivity contribution in [1.82, 2.24) is 10.2 Å². The fourth-order valence-corrected chi connectivity index (χ4v) is 2.81. The lowest BCUT2D eigenvalue weighted by Crippen LogP contribution is -2.43. The molecule has 0 saturated carbocycles. The molecule has 0 unspecified atom stereocenters. The number of aliphatic hydroxyl groups excluding tert-OH is 1. The molecular formula is C14H24N2O2S. The monoisotopic (exact) mass is 284 g/mol. The second-order valence-electron chi connectivity index (χ2n) is 4.52. The molecule has 4 nitrogen and oxygen atoms in total. The van der Waals surface area contributed by atoms with Crippen molar-refractivity contribution in [3.8, 4) is 0 Å². The molecule has 0 aliphatic heterocycles. The van der Waals surface area contributed by atoms with Crippen molar-refractivity contribution < 1.29 is 9.90 Å². The SMILES string of the molecule is CCC(CC)N(CCO)CC(=O)NCc1cccs1. The summed E-state index contributed by atoms with van der Waals surface area (Å²) in [5.74, 6) is 0.0220. The van der Waals surface area contributed by atoms with Gasteiger partial charge in [-0.05, 0) is 24.3 Å². The Morgan fingerprint density at radius 2 is 2.21 bits per heavy atom. The third-order valence-electron chi connectivity index (χ3n) is 3.23. The van der Waals surface area contributed by atoms with Gasteiger partial charge in [-0.3, -0.25) is 9.69 Å². The fraction of sp³-hybridized carbons (Fsp3) is 0.643. The maximum atomic E-state index is 11.9. The van der Waals surface area contributed by atoms with Crippen molar-refractivity contribution in [2.75, 3.05) is 19.7 Å². The Morgan fingerprint density at radius 3 is 2.74 bits per heavy atom. The quantitative estimate of drug-likeness (QED) is 0.727. The van der Waals surface area contributed by atoms with Crippen LogP contribution < -0.4 is 5.32 Å². The van der Waals surface area contributed by atoms with Gasteiger partial charge in [-0.2, -0.15) is 0 Å². The third-order valence-corrected chi connectivity index (χ3v) is 4.11. The van der Waals surface area contributed by atoms with E-state index in [1.54, 1.807) is 11.3 Å². The van der Waals surface area contributed by atoms with Gasteiger partial charge in [0.2, 0.25) is 5.91 Å². The number of nitrogens with one attached hydrogen (secondary N) is 1.